The van der Waals surface area contributed by atoms with E-state index in [0.29, 0.717) is 24.2 Å². The quantitative estimate of drug-likeness (QED) is 0.692. The molecule has 0 spiro atoms. The van der Waals surface area contributed by atoms with Crippen molar-refractivity contribution in [2.45, 2.75) is 38.3 Å². The molecule has 2 atom stereocenters. The Morgan fingerprint density at radius 3 is 2.62 bits per heavy atom. The smallest absolute Gasteiger partial charge is 0.251 e. The van der Waals surface area contributed by atoms with Crippen molar-refractivity contribution in [2.75, 3.05) is 37.3 Å². The Labute approximate surface area is 190 Å². The fourth-order valence-electron chi connectivity index (χ4n) is 4.90. The van der Waals surface area contributed by atoms with Crippen molar-refractivity contribution in [2.24, 2.45) is 0 Å². The lowest BCUT2D eigenvalue weighted by atomic mass is 10.0. The Kier molecular flexibility index (Phi) is 6.44. The Morgan fingerprint density at radius 2 is 1.94 bits per heavy atom. The van der Waals surface area contributed by atoms with Gasteiger partial charge in [-0.25, -0.2) is 8.42 Å². The summed E-state index contributed by atoms with van der Waals surface area (Å²) in [6, 6.07) is 13.2. The van der Waals surface area contributed by atoms with Gasteiger partial charge in [-0.1, -0.05) is 12.1 Å². The summed E-state index contributed by atoms with van der Waals surface area (Å²) in [5.41, 5.74) is 3.23. The number of ether oxygens (including phenoxy) is 1. The van der Waals surface area contributed by atoms with Gasteiger partial charge in [-0.05, 0) is 80.7 Å². The van der Waals surface area contributed by atoms with E-state index in [-0.39, 0.29) is 18.0 Å². The van der Waals surface area contributed by atoms with Crippen molar-refractivity contribution in [3.05, 3.63) is 59.2 Å². The number of anilines is 1. The Balaban J connectivity index is 1.51. The minimum atomic E-state index is -3.35. The number of nitrogens with zero attached hydrogens (tertiary/aromatic N) is 2. The monoisotopic (exact) mass is 457 g/mol. The molecule has 2 aliphatic rings. The number of rotatable bonds is 7. The second-order valence-corrected chi connectivity index (χ2v) is 10.6. The van der Waals surface area contributed by atoms with Crippen LogP contribution in [0.15, 0.2) is 42.5 Å². The predicted octanol–water partition coefficient (Wildman–Crippen LogP) is 2.97. The predicted molar refractivity (Wildman–Crippen MR) is 126 cm³/mol. The van der Waals surface area contributed by atoms with Gasteiger partial charge in [0.2, 0.25) is 10.0 Å². The van der Waals surface area contributed by atoms with Crippen LogP contribution >= 0.6 is 0 Å². The van der Waals surface area contributed by atoms with Gasteiger partial charge >= 0.3 is 0 Å². The zero-order chi connectivity index (χ0) is 22.9. The van der Waals surface area contributed by atoms with Crippen LogP contribution in [0.4, 0.5) is 5.69 Å². The molecule has 2 unspecified atom stereocenters. The molecule has 0 bridgehead atoms. The first kappa shape index (κ1) is 22.6. The molecule has 1 amide bonds. The van der Waals surface area contributed by atoms with E-state index in [9.17, 15) is 13.2 Å². The summed E-state index contributed by atoms with van der Waals surface area (Å²) in [5.74, 6) is 0.659. The zero-order valence-electron chi connectivity index (χ0n) is 18.9. The van der Waals surface area contributed by atoms with Crippen molar-refractivity contribution in [1.29, 1.82) is 0 Å². The van der Waals surface area contributed by atoms with Crippen LogP contribution in [0.3, 0.4) is 0 Å². The standard InChI is InChI=1S/C24H31N3O4S/c1-17-13-20-14-19(9-10-22(20)27(17)32(3,29)30)24(28)25-16-23(26-11-4-5-12-26)18-7-6-8-21(15-18)31-2/h6-10,14-15,17,23H,4-5,11-13,16H2,1-3H3,(H,25,28). The topological polar surface area (TPSA) is 79.0 Å². The highest BCUT2D eigenvalue weighted by Gasteiger charge is 2.33. The highest BCUT2D eigenvalue weighted by Crippen LogP contribution is 2.35. The van der Waals surface area contributed by atoms with Crippen molar-refractivity contribution >= 4 is 21.6 Å². The maximum Gasteiger partial charge on any atom is 0.251 e. The van der Waals surface area contributed by atoms with Gasteiger partial charge in [0.15, 0.2) is 0 Å². The van der Waals surface area contributed by atoms with Crippen LogP contribution in [0.5, 0.6) is 5.75 Å². The van der Waals surface area contributed by atoms with Gasteiger partial charge in [0.1, 0.15) is 5.75 Å². The number of fused-ring (bicyclic) bond motifs is 1. The number of amides is 1. The fourth-order valence-corrected chi connectivity index (χ4v) is 6.16. The number of carbonyl (C=O) groups excluding carboxylic acids is 1. The van der Waals surface area contributed by atoms with Crippen LogP contribution in [0.2, 0.25) is 0 Å². The zero-order valence-corrected chi connectivity index (χ0v) is 19.7. The molecule has 0 saturated carbocycles. The number of hydrogen-bond acceptors (Lipinski definition) is 5. The van der Waals surface area contributed by atoms with E-state index in [1.807, 2.05) is 31.2 Å². The first-order chi connectivity index (χ1) is 15.3. The average Bonchev–Trinajstić information content (AvgIpc) is 3.40. The first-order valence-electron chi connectivity index (χ1n) is 11.1. The highest BCUT2D eigenvalue weighted by atomic mass is 32.2. The first-order valence-corrected chi connectivity index (χ1v) is 12.9. The van der Waals surface area contributed by atoms with Gasteiger partial charge in [0.25, 0.3) is 5.91 Å². The maximum absolute atomic E-state index is 13.0. The van der Waals surface area contributed by atoms with Gasteiger partial charge in [0.05, 0.1) is 25.1 Å². The fraction of sp³-hybridized carbons (Fsp3) is 0.458. The van der Waals surface area contributed by atoms with E-state index in [1.54, 1.807) is 19.2 Å². The lowest BCUT2D eigenvalue weighted by molar-refractivity contribution is 0.0938. The van der Waals surface area contributed by atoms with Crippen molar-refractivity contribution in [1.82, 2.24) is 10.2 Å². The van der Waals surface area contributed by atoms with E-state index in [4.69, 9.17) is 4.74 Å². The number of sulfonamides is 1. The third-order valence-corrected chi connectivity index (χ3v) is 7.64. The minimum Gasteiger partial charge on any atom is -0.497 e. The van der Waals surface area contributed by atoms with E-state index in [2.05, 4.69) is 16.3 Å². The molecule has 8 heteroatoms. The molecule has 2 aromatic carbocycles. The van der Waals surface area contributed by atoms with Crippen LogP contribution < -0.4 is 14.4 Å². The van der Waals surface area contributed by atoms with E-state index < -0.39 is 10.0 Å². The number of hydrogen-bond donors (Lipinski definition) is 1. The molecule has 4 rings (SSSR count). The lowest BCUT2D eigenvalue weighted by Crippen LogP contribution is -2.36. The molecule has 1 fully saturated rings. The summed E-state index contributed by atoms with van der Waals surface area (Å²) in [5, 5.41) is 3.10. The molecular weight excluding hydrogens is 426 g/mol. The Hall–Kier alpha value is -2.58. The largest absolute Gasteiger partial charge is 0.497 e. The van der Waals surface area contributed by atoms with Gasteiger partial charge in [0, 0.05) is 18.2 Å². The maximum atomic E-state index is 13.0. The van der Waals surface area contributed by atoms with E-state index >= 15 is 0 Å². The van der Waals surface area contributed by atoms with Gasteiger partial charge in [-0.15, -0.1) is 0 Å². The Morgan fingerprint density at radius 1 is 1.19 bits per heavy atom. The van der Waals surface area contributed by atoms with Crippen LogP contribution in [0.25, 0.3) is 0 Å². The molecule has 2 heterocycles. The molecule has 2 aliphatic heterocycles. The normalized spacial score (nSPS) is 19.6. The summed E-state index contributed by atoms with van der Waals surface area (Å²) in [7, 11) is -1.69. The summed E-state index contributed by atoms with van der Waals surface area (Å²) in [4.78, 5) is 15.4. The molecular formula is C24H31N3O4S. The number of methoxy groups -OCH3 is 1. The molecule has 1 N–H and O–H groups in total. The molecule has 1 saturated heterocycles. The number of nitrogens with one attached hydrogen (secondary N) is 1. The van der Waals surface area contributed by atoms with E-state index in [0.717, 1.165) is 42.8 Å². The molecule has 32 heavy (non-hydrogen) atoms. The molecule has 7 nitrogen and oxygen atoms in total. The van der Waals surface area contributed by atoms with Crippen LogP contribution in [0, 0.1) is 0 Å². The summed E-state index contributed by atoms with van der Waals surface area (Å²) < 4.78 is 31.1. The molecule has 0 aliphatic carbocycles. The summed E-state index contributed by atoms with van der Waals surface area (Å²) >= 11 is 0. The SMILES string of the molecule is COc1cccc(C(CNC(=O)c2ccc3c(c2)CC(C)N3S(C)(=O)=O)N2CCCC2)c1. The second kappa shape index (κ2) is 9.11. The number of likely N-dealkylation sites (tertiary alicyclic amines) is 1. The molecule has 2 aromatic rings. The molecule has 0 radical (unpaired) electrons. The van der Waals surface area contributed by atoms with E-state index in [1.165, 1.54) is 10.6 Å². The minimum absolute atomic E-state index is 0.0757. The average molecular weight is 458 g/mol. The third kappa shape index (κ3) is 4.61. The number of carbonyl (C=O) groups is 1. The highest BCUT2D eigenvalue weighted by molar-refractivity contribution is 7.92. The van der Waals surface area contributed by atoms with Crippen molar-refractivity contribution in [3.8, 4) is 5.75 Å². The van der Waals surface area contributed by atoms with Gasteiger partial charge in [-0.2, -0.15) is 0 Å². The lowest BCUT2D eigenvalue weighted by Gasteiger charge is -2.28. The van der Waals surface area contributed by atoms with Gasteiger partial charge in [-0.3, -0.25) is 14.0 Å². The summed E-state index contributed by atoms with van der Waals surface area (Å²) in [6.07, 6.45) is 4.14. The number of benzene rings is 2. The molecule has 0 aromatic heterocycles. The van der Waals surface area contributed by atoms with Crippen LogP contribution in [-0.2, 0) is 16.4 Å². The Bertz CT molecular complexity index is 1100. The molecule has 172 valence electrons. The van der Waals surface area contributed by atoms with Crippen LogP contribution in [-0.4, -0.2) is 58.3 Å². The second-order valence-electron chi connectivity index (χ2n) is 8.70. The van der Waals surface area contributed by atoms with Crippen LogP contribution in [0.1, 0.15) is 47.3 Å². The third-order valence-electron chi connectivity index (χ3n) is 6.37. The van der Waals surface area contributed by atoms with Gasteiger partial charge < -0.3 is 10.1 Å². The van der Waals surface area contributed by atoms with Crippen molar-refractivity contribution < 1.29 is 17.9 Å². The summed E-state index contributed by atoms with van der Waals surface area (Å²) in [6.45, 7) is 4.40. The van der Waals surface area contributed by atoms with Crippen molar-refractivity contribution in [3.63, 3.8) is 0 Å².